The number of ether oxygens (including phenoxy) is 1. The van der Waals surface area contributed by atoms with E-state index >= 15 is 0 Å². The minimum atomic E-state index is -0.544. The molecule has 1 aliphatic carbocycles. The van der Waals surface area contributed by atoms with E-state index in [9.17, 15) is 19.2 Å². The lowest BCUT2D eigenvalue weighted by Gasteiger charge is -2.27. The number of anilines is 1. The van der Waals surface area contributed by atoms with E-state index in [1.165, 1.54) is 16.0 Å². The van der Waals surface area contributed by atoms with E-state index in [0.29, 0.717) is 66.4 Å². The summed E-state index contributed by atoms with van der Waals surface area (Å²) in [7, 11) is 1.76. The summed E-state index contributed by atoms with van der Waals surface area (Å²) in [5, 5.41) is 6.34. The quantitative estimate of drug-likeness (QED) is 0.152. The Morgan fingerprint density at radius 2 is 1.61 bits per heavy atom. The summed E-state index contributed by atoms with van der Waals surface area (Å²) >= 11 is 0. The van der Waals surface area contributed by atoms with Gasteiger partial charge in [-0.05, 0) is 114 Å². The van der Waals surface area contributed by atoms with Gasteiger partial charge in [0, 0.05) is 80.4 Å². The summed E-state index contributed by atoms with van der Waals surface area (Å²) < 4.78 is 5.57. The molecule has 1 aliphatic heterocycles. The molecular formula is C47H60N7O5+. The average Bonchev–Trinajstić information content (AvgIpc) is 3.49. The number of carbonyl (C=O) groups excluding carboxylic acids is 4. The summed E-state index contributed by atoms with van der Waals surface area (Å²) in [5.41, 5.74) is 6.01. The predicted molar refractivity (Wildman–Crippen MR) is 231 cm³/mol. The highest BCUT2D eigenvalue weighted by Gasteiger charge is 2.26. The molecule has 1 aromatic heterocycles. The van der Waals surface area contributed by atoms with Crippen molar-refractivity contribution in [1.82, 2.24) is 25.0 Å². The maximum Gasteiger partial charge on any atom is 0.410 e. The van der Waals surface area contributed by atoms with Gasteiger partial charge >= 0.3 is 6.09 Å². The van der Waals surface area contributed by atoms with Crippen LogP contribution in [0.5, 0.6) is 0 Å². The van der Waals surface area contributed by atoms with E-state index in [1.54, 1.807) is 59.4 Å². The van der Waals surface area contributed by atoms with Crippen LogP contribution in [0.1, 0.15) is 102 Å². The molecule has 0 saturated carbocycles. The molecule has 12 nitrogen and oxygen atoms in total. The Morgan fingerprint density at radius 3 is 2.39 bits per heavy atom. The van der Waals surface area contributed by atoms with Crippen LogP contribution in [-0.4, -0.2) is 109 Å². The van der Waals surface area contributed by atoms with E-state index < -0.39 is 5.60 Å². The molecule has 59 heavy (non-hydrogen) atoms. The first kappa shape index (κ1) is 43.0. The maximum atomic E-state index is 13.9. The number of carbonyl (C=O) groups is 4. The summed E-state index contributed by atoms with van der Waals surface area (Å²) in [6, 6.07) is 24.4. The Balaban J connectivity index is 1.14. The molecule has 0 spiro atoms. The normalized spacial score (nSPS) is 15.8. The second kappa shape index (κ2) is 19.4. The van der Waals surface area contributed by atoms with Gasteiger partial charge in [0.2, 0.25) is 0 Å². The first-order chi connectivity index (χ1) is 28.3. The highest BCUT2D eigenvalue weighted by atomic mass is 16.6. The fourth-order valence-corrected chi connectivity index (χ4v) is 7.91. The van der Waals surface area contributed by atoms with Crippen molar-refractivity contribution in [3.63, 3.8) is 0 Å². The van der Waals surface area contributed by atoms with Gasteiger partial charge in [0.1, 0.15) is 11.3 Å². The second-order valence-corrected chi connectivity index (χ2v) is 16.5. The SMILES string of the molecule is CC[NH+](CC)c1ccc(NC(=O)c2cccc(C(=O)N(C)CCN3CCCN(C(=O)OC(C)(C)C)CC3)c2)c(-c2cc(C(=O)NC3CCCc4ccccc43)ccn2)c1. The molecule has 4 amide bonds. The van der Waals surface area contributed by atoms with E-state index in [2.05, 4.69) is 46.5 Å². The van der Waals surface area contributed by atoms with Crippen LogP contribution in [0, 0.1) is 0 Å². The van der Waals surface area contributed by atoms with Crippen LogP contribution in [-0.2, 0) is 11.2 Å². The number of hydrogen-bond donors (Lipinski definition) is 3. The molecule has 1 fully saturated rings. The number of benzene rings is 3. The fourth-order valence-electron chi connectivity index (χ4n) is 7.91. The molecule has 12 heteroatoms. The summed E-state index contributed by atoms with van der Waals surface area (Å²) in [6.45, 7) is 15.5. The molecule has 0 radical (unpaired) electrons. The lowest BCUT2D eigenvalue weighted by atomic mass is 9.87. The standard InChI is InChI=1S/C47H59N7O5/c1-7-53(8-2)37-20-21-41(39(32-37)42-31-35(22-23-48-42)44(56)49-40-19-12-15-33-14-9-10-18-38(33)40)50-43(55)34-16-11-17-36(30-34)45(57)51(6)26-27-52-24-13-25-54(29-28-52)46(58)59-47(3,4)5/h9-11,14,16-18,20-23,30-32,40H,7-8,12-13,15,19,24-29H2,1-6H3,(H,49,56)(H,50,55)/p+1. The second-order valence-electron chi connectivity index (χ2n) is 16.5. The van der Waals surface area contributed by atoms with Crippen molar-refractivity contribution >= 4 is 35.2 Å². The molecule has 2 heterocycles. The molecule has 1 atom stereocenters. The molecule has 4 aromatic rings. The van der Waals surface area contributed by atoms with E-state index in [1.807, 2.05) is 51.1 Å². The highest BCUT2D eigenvalue weighted by Crippen LogP contribution is 2.32. The zero-order chi connectivity index (χ0) is 42.1. The van der Waals surface area contributed by atoms with Crippen LogP contribution in [0.3, 0.4) is 0 Å². The number of pyridine rings is 1. The Bertz CT molecular complexity index is 2130. The molecule has 1 unspecified atom stereocenters. The summed E-state index contributed by atoms with van der Waals surface area (Å²) in [5.74, 6) is -0.724. The van der Waals surface area contributed by atoms with E-state index in [4.69, 9.17) is 4.74 Å². The predicted octanol–water partition coefficient (Wildman–Crippen LogP) is 6.38. The first-order valence-electron chi connectivity index (χ1n) is 21.0. The molecule has 312 valence electrons. The number of aromatic nitrogens is 1. The van der Waals surface area contributed by atoms with Crippen molar-refractivity contribution in [1.29, 1.82) is 0 Å². The average molecular weight is 803 g/mol. The lowest BCUT2D eigenvalue weighted by Crippen LogP contribution is -3.06. The van der Waals surface area contributed by atoms with Crippen LogP contribution in [0.15, 0.2) is 85.1 Å². The van der Waals surface area contributed by atoms with Crippen molar-refractivity contribution in [3.8, 4) is 11.3 Å². The third-order valence-electron chi connectivity index (χ3n) is 11.2. The van der Waals surface area contributed by atoms with Crippen LogP contribution in [0.2, 0.25) is 0 Å². The number of nitrogens with one attached hydrogen (secondary N) is 3. The molecule has 6 rings (SSSR count). The molecule has 2 aliphatic rings. The van der Waals surface area contributed by atoms with Crippen LogP contribution in [0.4, 0.5) is 16.2 Å². The number of fused-ring (bicyclic) bond motifs is 1. The van der Waals surface area contributed by atoms with Gasteiger partial charge in [-0.1, -0.05) is 30.3 Å². The number of nitrogens with zero attached hydrogens (tertiary/aromatic N) is 4. The van der Waals surface area contributed by atoms with Crippen molar-refractivity contribution in [2.45, 2.75) is 71.9 Å². The summed E-state index contributed by atoms with van der Waals surface area (Å²) in [6.07, 6.45) is 5.07. The Morgan fingerprint density at radius 1 is 0.847 bits per heavy atom. The van der Waals surface area contributed by atoms with E-state index in [0.717, 1.165) is 51.0 Å². The Labute approximate surface area is 348 Å². The summed E-state index contributed by atoms with van der Waals surface area (Å²) in [4.78, 5) is 65.5. The minimum Gasteiger partial charge on any atom is -0.444 e. The molecule has 3 aromatic carbocycles. The van der Waals surface area contributed by atoms with Gasteiger partial charge < -0.3 is 30.1 Å². The van der Waals surface area contributed by atoms with Crippen LogP contribution < -0.4 is 15.5 Å². The van der Waals surface area contributed by atoms with Gasteiger partial charge in [0.15, 0.2) is 0 Å². The van der Waals surface area contributed by atoms with Crippen LogP contribution in [0.25, 0.3) is 11.3 Å². The highest BCUT2D eigenvalue weighted by molar-refractivity contribution is 6.08. The van der Waals surface area contributed by atoms with Crippen molar-refractivity contribution in [2.24, 2.45) is 0 Å². The van der Waals surface area contributed by atoms with Crippen molar-refractivity contribution < 1.29 is 28.8 Å². The van der Waals surface area contributed by atoms with Crippen molar-refractivity contribution in [2.75, 3.05) is 64.7 Å². The fraction of sp³-hybridized carbons (Fsp3) is 0.426. The Kier molecular flexibility index (Phi) is 14.2. The number of aryl methyl sites for hydroxylation is 1. The number of hydrogen-bond acceptors (Lipinski definition) is 7. The van der Waals surface area contributed by atoms with E-state index in [-0.39, 0.29) is 29.9 Å². The topological polar surface area (TPSA) is 129 Å². The smallest absolute Gasteiger partial charge is 0.410 e. The number of rotatable bonds is 12. The Hall–Kier alpha value is -5.59. The van der Waals surface area contributed by atoms with Gasteiger partial charge in [0.25, 0.3) is 17.7 Å². The zero-order valence-corrected chi connectivity index (χ0v) is 35.5. The minimum absolute atomic E-state index is 0.0612. The van der Waals surface area contributed by atoms with Crippen LogP contribution >= 0.6 is 0 Å². The lowest BCUT2D eigenvalue weighted by molar-refractivity contribution is -0.828. The number of amides is 4. The van der Waals surface area contributed by atoms with Gasteiger partial charge in [-0.2, -0.15) is 0 Å². The number of likely N-dealkylation sites (N-methyl/N-ethyl adjacent to an activating group) is 1. The molecular weight excluding hydrogens is 743 g/mol. The third kappa shape index (κ3) is 11.1. The maximum absolute atomic E-state index is 13.9. The van der Waals surface area contributed by atoms with Gasteiger partial charge in [-0.25, -0.2) is 4.79 Å². The molecule has 0 bridgehead atoms. The largest absolute Gasteiger partial charge is 0.444 e. The monoisotopic (exact) mass is 802 g/mol. The van der Waals surface area contributed by atoms with Gasteiger partial charge in [0.05, 0.1) is 30.5 Å². The number of quaternary nitrogens is 1. The molecule has 3 N–H and O–H groups in total. The van der Waals surface area contributed by atoms with Gasteiger partial charge in [-0.3, -0.25) is 24.3 Å². The third-order valence-corrected chi connectivity index (χ3v) is 11.2. The van der Waals surface area contributed by atoms with Gasteiger partial charge in [-0.15, -0.1) is 0 Å². The van der Waals surface area contributed by atoms with Crippen molar-refractivity contribution in [3.05, 3.63) is 113 Å². The molecule has 1 saturated heterocycles. The zero-order valence-electron chi connectivity index (χ0n) is 35.5. The first-order valence-corrected chi connectivity index (χ1v) is 21.0.